The molecule has 0 amide bonds. The first-order valence-corrected chi connectivity index (χ1v) is 5.51. The maximum atomic E-state index is 12.6. The van der Waals surface area contributed by atoms with E-state index in [-0.39, 0.29) is 5.56 Å². The molecule has 1 nitrogen and oxygen atoms in total. The van der Waals surface area contributed by atoms with E-state index in [1.54, 1.807) is 12.1 Å². The highest BCUT2D eigenvalue weighted by molar-refractivity contribution is 9.10. The van der Waals surface area contributed by atoms with Gasteiger partial charge in [0, 0.05) is 31.2 Å². The molecule has 0 fully saturated rings. The fraction of sp³-hybridized carbons (Fsp3) is 0.111. The van der Waals surface area contributed by atoms with Gasteiger partial charge >= 0.3 is 0 Å². The Bertz CT molecular complexity index is 481. The molecule has 1 aromatic heterocycles. The molecule has 1 aromatic carbocycles. The van der Waals surface area contributed by atoms with E-state index in [1.807, 2.05) is 0 Å². The van der Waals surface area contributed by atoms with E-state index in [1.165, 1.54) is 16.7 Å². The van der Waals surface area contributed by atoms with Crippen LogP contribution < -0.4 is 5.73 Å². The fourth-order valence-electron chi connectivity index (χ4n) is 1.35. The highest BCUT2D eigenvalue weighted by atomic mass is 79.9. The predicted molar refractivity (Wildman–Crippen MR) is 58.9 cm³/mol. The summed E-state index contributed by atoms with van der Waals surface area (Å²) in [7, 11) is 0. The van der Waals surface area contributed by atoms with E-state index in [0.29, 0.717) is 11.1 Å². The third-order valence-electron chi connectivity index (χ3n) is 1.93. The maximum Gasteiger partial charge on any atom is 0.265 e. The lowest BCUT2D eigenvalue weighted by atomic mass is 10.1. The van der Waals surface area contributed by atoms with Gasteiger partial charge in [-0.3, -0.25) is 0 Å². The molecule has 0 saturated heterocycles. The number of halogens is 3. The molecule has 0 aliphatic rings. The van der Waals surface area contributed by atoms with Crippen LogP contribution in [0.5, 0.6) is 0 Å². The number of hydrogen-bond donors (Lipinski definition) is 1. The summed E-state index contributed by atoms with van der Waals surface area (Å²) in [6.45, 7) is 0. The summed E-state index contributed by atoms with van der Waals surface area (Å²) in [5.74, 6) is 0. The van der Waals surface area contributed by atoms with Crippen molar-refractivity contribution in [2.24, 2.45) is 0 Å². The molecule has 74 valence electrons. The van der Waals surface area contributed by atoms with Gasteiger partial charge in [0.15, 0.2) is 0 Å². The van der Waals surface area contributed by atoms with Crippen LogP contribution in [0.1, 0.15) is 12.0 Å². The molecule has 0 radical (unpaired) electrons. The largest absolute Gasteiger partial charge is 0.398 e. The van der Waals surface area contributed by atoms with Crippen molar-refractivity contribution in [2.45, 2.75) is 6.43 Å². The Labute approximate surface area is 91.7 Å². The monoisotopic (exact) mass is 277 g/mol. The maximum absolute atomic E-state index is 12.6. The van der Waals surface area contributed by atoms with Crippen LogP contribution in [0.2, 0.25) is 0 Å². The molecular weight excluding hydrogens is 272 g/mol. The van der Waals surface area contributed by atoms with Crippen LogP contribution in [0, 0.1) is 0 Å². The lowest BCUT2D eigenvalue weighted by Crippen LogP contribution is -1.89. The van der Waals surface area contributed by atoms with Gasteiger partial charge in [-0.05, 0) is 12.1 Å². The molecule has 2 N–H and O–H groups in total. The topological polar surface area (TPSA) is 26.0 Å². The Balaban J connectivity index is 2.79. The summed E-state index contributed by atoms with van der Waals surface area (Å²) in [5, 5.41) is 1.94. The van der Waals surface area contributed by atoms with Crippen molar-refractivity contribution in [1.29, 1.82) is 0 Å². The first-order chi connectivity index (χ1) is 6.59. The zero-order valence-corrected chi connectivity index (χ0v) is 9.33. The average Bonchev–Trinajstić information content (AvgIpc) is 2.47. The number of thiophene rings is 1. The Morgan fingerprint density at radius 1 is 1.36 bits per heavy atom. The first kappa shape index (κ1) is 9.86. The van der Waals surface area contributed by atoms with Gasteiger partial charge in [-0.15, -0.1) is 11.3 Å². The van der Waals surface area contributed by atoms with Crippen LogP contribution >= 0.6 is 27.3 Å². The normalized spacial score (nSPS) is 11.4. The Kier molecular flexibility index (Phi) is 2.45. The number of rotatable bonds is 1. The van der Waals surface area contributed by atoms with E-state index in [4.69, 9.17) is 5.73 Å². The van der Waals surface area contributed by atoms with Crippen LogP contribution in [0.25, 0.3) is 10.1 Å². The highest BCUT2D eigenvalue weighted by Gasteiger charge is 2.15. The van der Waals surface area contributed by atoms with Gasteiger partial charge < -0.3 is 5.73 Å². The second-order valence-corrected chi connectivity index (χ2v) is 4.69. The SMILES string of the molecule is Nc1cc(Br)cc2scc(C(F)F)c12. The van der Waals surface area contributed by atoms with Crippen molar-refractivity contribution in [3.05, 3.63) is 27.5 Å². The van der Waals surface area contributed by atoms with E-state index < -0.39 is 6.43 Å². The summed E-state index contributed by atoms with van der Waals surface area (Å²) in [6.07, 6.45) is -2.47. The minimum atomic E-state index is -2.47. The van der Waals surface area contributed by atoms with Gasteiger partial charge in [0.05, 0.1) is 0 Å². The zero-order chi connectivity index (χ0) is 10.3. The van der Waals surface area contributed by atoms with Crippen LogP contribution in [0.3, 0.4) is 0 Å². The van der Waals surface area contributed by atoms with Gasteiger partial charge in [0.25, 0.3) is 6.43 Å². The number of nitrogen functional groups attached to an aromatic ring is 1. The number of anilines is 1. The summed E-state index contributed by atoms with van der Waals surface area (Å²) in [5.41, 5.74) is 6.10. The van der Waals surface area contributed by atoms with E-state index in [2.05, 4.69) is 15.9 Å². The Morgan fingerprint density at radius 3 is 2.71 bits per heavy atom. The van der Waals surface area contributed by atoms with Crippen LogP contribution in [0.4, 0.5) is 14.5 Å². The van der Waals surface area contributed by atoms with E-state index >= 15 is 0 Å². The highest BCUT2D eigenvalue weighted by Crippen LogP contribution is 2.38. The van der Waals surface area contributed by atoms with Gasteiger partial charge in [0.2, 0.25) is 0 Å². The number of hydrogen-bond acceptors (Lipinski definition) is 2. The molecule has 14 heavy (non-hydrogen) atoms. The molecule has 0 aliphatic heterocycles. The lowest BCUT2D eigenvalue weighted by molar-refractivity contribution is 0.153. The minimum Gasteiger partial charge on any atom is -0.398 e. The lowest BCUT2D eigenvalue weighted by Gasteiger charge is -2.01. The zero-order valence-electron chi connectivity index (χ0n) is 6.93. The fourth-order valence-corrected chi connectivity index (χ4v) is 3.00. The molecule has 2 rings (SSSR count). The Hall–Kier alpha value is -0.680. The van der Waals surface area contributed by atoms with Crippen molar-refractivity contribution >= 4 is 43.0 Å². The van der Waals surface area contributed by atoms with Crippen LogP contribution in [0.15, 0.2) is 22.0 Å². The van der Waals surface area contributed by atoms with Crippen molar-refractivity contribution in [3.8, 4) is 0 Å². The summed E-state index contributed by atoms with van der Waals surface area (Å²) < 4.78 is 26.7. The summed E-state index contributed by atoms with van der Waals surface area (Å²) >= 11 is 4.55. The predicted octanol–water partition coefficient (Wildman–Crippen LogP) is 4.18. The summed E-state index contributed by atoms with van der Waals surface area (Å²) in [6, 6.07) is 3.43. The van der Waals surface area contributed by atoms with Crippen molar-refractivity contribution < 1.29 is 8.78 Å². The molecule has 0 aliphatic carbocycles. The molecular formula is C9H6BrF2NS. The number of benzene rings is 1. The second-order valence-electron chi connectivity index (χ2n) is 2.86. The standard InChI is InChI=1S/C9H6BrF2NS/c10-4-1-6(13)8-5(9(11)12)3-14-7(8)2-4/h1-3,9H,13H2. The molecule has 0 bridgehead atoms. The average molecular weight is 278 g/mol. The molecule has 0 saturated carbocycles. The van der Waals surface area contributed by atoms with Gasteiger partial charge in [0.1, 0.15) is 0 Å². The molecule has 1 heterocycles. The van der Waals surface area contributed by atoms with Gasteiger partial charge in [-0.1, -0.05) is 15.9 Å². The number of alkyl halides is 2. The molecule has 2 aromatic rings. The molecule has 0 unspecified atom stereocenters. The smallest absolute Gasteiger partial charge is 0.265 e. The quantitative estimate of drug-likeness (QED) is 0.778. The van der Waals surface area contributed by atoms with Crippen molar-refractivity contribution in [2.75, 3.05) is 5.73 Å². The Morgan fingerprint density at radius 2 is 2.07 bits per heavy atom. The summed E-state index contributed by atoms with van der Waals surface area (Å²) in [4.78, 5) is 0. The van der Waals surface area contributed by atoms with Crippen molar-refractivity contribution in [3.63, 3.8) is 0 Å². The molecule has 5 heteroatoms. The number of nitrogens with two attached hydrogens (primary N) is 1. The third kappa shape index (κ3) is 1.50. The first-order valence-electron chi connectivity index (χ1n) is 3.84. The number of fused-ring (bicyclic) bond motifs is 1. The van der Waals surface area contributed by atoms with Gasteiger partial charge in [-0.2, -0.15) is 0 Å². The molecule has 0 atom stereocenters. The van der Waals surface area contributed by atoms with Crippen LogP contribution in [-0.4, -0.2) is 0 Å². The van der Waals surface area contributed by atoms with E-state index in [9.17, 15) is 8.78 Å². The molecule has 0 spiro atoms. The second kappa shape index (κ2) is 3.47. The van der Waals surface area contributed by atoms with E-state index in [0.717, 1.165) is 9.17 Å². The van der Waals surface area contributed by atoms with Crippen molar-refractivity contribution in [1.82, 2.24) is 0 Å². The third-order valence-corrected chi connectivity index (χ3v) is 3.34. The minimum absolute atomic E-state index is 0.0231. The van der Waals surface area contributed by atoms with Crippen LogP contribution in [-0.2, 0) is 0 Å². The van der Waals surface area contributed by atoms with Gasteiger partial charge in [-0.25, -0.2) is 8.78 Å².